The lowest BCUT2D eigenvalue weighted by Gasteiger charge is -2.12. The van der Waals surface area contributed by atoms with Gasteiger partial charge in [-0.1, -0.05) is 32.0 Å². The van der Waals surface area contributed by atoms with Crippen LogP contribution in [0.4, 0.5) is 0 Å². The average molecular weight is 274 g/mol. The number of benzene rings is 1. The smallest absolute Gasteiger partial charge is 0.337 e. The van der Waals surface area contributed by atoms with Crippen LogP contribution in [0.3, 0.4) is 0 Å². The second-order valence-corrected chi connectivity index (χ2v) is 6.20. The highest BCUT2D eigenvalue weighted by molar-refractivity contribution is 7.10. The molecule has 0 fully saturated rings. The largest absolute Gasteiger partial charge is 0.478 e. The van der Waals surface area contributed by atoms with Crippen LogP contribution in [0, 0.1) is 13.8 Å². The predicted octanol–water partition coefficient (Wildman–Crippen LogP) is 4.85. The zero-order chi connectivity index (χ0) is 14.2. The lowest BCUT2D eigenvalue weighted by Crippen LogP contribution is -1.99. The Balaban J connectivity index is 2.68. The van der Waals surface area contributed by atoms with E-state index in [1.54, 1.807) is 5.38 Å². The zero-order valence-corrected chi connectivity index (χ0v) is 12.5. The molecular formula is C16H18O2S. The number of aromatic carboxylic acids is 1. The fourth-order valence-corrected chi connectivity index (χ4v) is 3.07. The first-order chi connectivity index (χ1) is 8.91. The first-order valence-electron chi connectivity index (χ1n) is 6.34. The van der Waals surface area contributed by atoms with Gasteiger partial charge in [0.15, 0.2) is 0 Å². The van der Waals surface area contributed by atoms with Crippen LogP contribution in [0.2, 0.25) is 0 Å². The molecule has 0 aliphatic rings. The number of rotatable bonds is 3. The summed E-state index contributed by atoms with van der Waals surface area (Å²) in [6, 6.07) is 6.32. The second-order valence-electron chi connectivity index (χ2n) is 5.11. The van der Waals surface area contributed by atoms with Gasteiger partial charge in [-0.15, -0.1) is 11.3 Å². The van der Waals surface area contributed by atoms with E-state index in [0.29, 0.717) is 11.5 Å². The summed E-state index contributed by atoms with van der Waals surface area (Å²) in [6.07, 6.45) is 0. The molecule has 0 atom stereocenters. The highest BCUT2D eigenvalue weighted by Crippen LogP contribution is 2.35. The van der Waals surface area contributed by atoms with E-state index in [2.05, 4.69) is 32.0 Å². The van der Waals surface area contributed by atoms with Crippen molar-refractivity contribution in [3.63, 3.8) is 0 Å². The van der Waals surface area contributed by atoms with Gasteiger partial charge in [-0.2, -0.15) is 0 Å². The van der Waals surface area contributed by atoms with Crippen molar-refractivity contribution in [1.82, 2.24) is 0 Å². The predicted molar refractivity (Wildman–Crippen MR) is 80.3 cm³/mol. The molecule has 0 saturated heterocycles. The standard InChI is InChI=1S/C16H18O2S/c1-9(2)12-6-5-10(3)13(7-12)15-11(4)19-8-14(15)16(17)18/h5-9H,1-4H3,(H,17,18). The van der Waals surface area contributed by atoms with Crippen LogP contribution in [0.5, 0.6) is 0 Å². The molecule has 100 valence electrons. The van der Waals surface area contributed by atoms with E-state index in [9.17, 15) is 9.90 Å². The molecule has 1 heterocycles. The highest BCUT2D eigenvalue weighted by Gasteiger charge is 2.18. The number of hydrogen-bond donors (Lipinski definition) is 1. The summed E-state index contributed by atoms with van der Waals surface area (Å²) in [7, 11) is 0. The molecule has 0 spiro atoms. The lowest BCUT2D eigenvalue weighted by molar-refractivity contribution is 0.0698. The summed E-state index contributed by atoms with van der Waals surface area (Å²) in [4.78, 5) is 12.4. The number of aryl methyl sites for hydroxylation is 2. The van der Waals surface area contributed by atoms with Gasteiger partial charge in [-0.05, 0) is 36.5 Å². The van der Waals surface area contributed by atoms with E-state index >= 15 is 0 Å². The van der Waals surface area contributed by atoms with Gasteiger partial charge in [0.1, 0.15) is 0 Å². The molecular weight excluding hydrogens is 256 g/mol. The second kappa shape index (κ2) is 5.17. The Hall–Kier alpha value is -1.61. The normalized spacial score (nSPS) is 11.0. The number of carboxylic acids is 1. The maximum atomic E-state index is 11.3. The Labute approximate surface area is 117 Å². The minimum absolute atomic E-state index is 0.409. The molecule has 19 heavy (non-hydrogen) atoms. The van der Waals surface area contributed by atoms with Crippen molar-refractivity contribution in [3.8, 4) is 11.1 Å². The topological polar surface area (TPSA) is 37.3 Å². The molecule has 1 N–H and O–H groups in total. The molecule has 0 aliphatic carbocycles. The van der Waals surface area contributed by atoms with Gasteiger partial charge >= 0.3 is 5.97 Å². The third-order valence-electron chi connectivity index (χ3n) is 3.40. The highest BCUT2D eigenvalue weighted by atomic mass is 32.1. The molecule has 0 unspecified atom stereocenters. The lowest BCUT2D eigenvalue weighted by atomic mass is 9.92. The van der Waals surface area contributed by atoms with Gasteiger partial charge in [0.2, 0.25) is 0 Å². The molecule has 0 saturated carbocycles. The SMILES string of the molecule is Cc1ccc(C(C)C)cc1-c1c(C(=O)O)csc1C. The van der Waals surface area contributed by atoms with E-state index < -0.39 is 5.97 Å². The fourth-order valence-electron chi connectivity index (χ4n) is 2.21. The minimum atomic E-state index is -0.853. The molecule has 0 radical (unpaired) electrons. The third-order valence-corrected chi connectivity index (χ3v) is 4.31. The minimum Gasteiger partial charge on any atom is -0.478 e. The molecule has 2 nitrogen and oxygen atoms in total. The van der Waals surface area contributed by atoms with Crippen LogP contribution in [-0.2, 0) is 0 Å². The summed E-state index contributed by atoms with van der Waals surface area (Å²) < 4.78 is 0. The van der Waals surface area contributed by atoms with Crippen LogP contribution in [0.25, 0.3) is 11.1 Å². The number of thiophene rings is 1. The summed E-state index contributed by atoms with van der Waals surface area (Å²) in [5, 5.41) is 11.0. The fraction of sp³-hybridized carbons (Fsp3) is 0.312. The van der Waals surface area contributed by atoms with Crippen molar-refractivity contribution in [2.45, 2.75) is 33.6 Å². The summed E-state index contributed by atoms with van der Waals surface area (Å²) >= 11 is 1.50. The van der Waals surface area contributed by atoms with Crippen molar-refractivity contribution in [3.05, 3.63) is 45.1 Å². The van der Waals surface area contributed by atoms with Crippen LogP contribution >= 0.6 is 11.3 Å². The zero-order valence-electron chi connectivity index (χ0n) is 11.7. The maximum Gasteiger partial charge on any atom is 0.337 e. The van der Waals surface area contributed by atoms with E-state index in [-0.39, 0.29) is 0 Å². The Bertz CT molecular complexity index is 624. The van der Waals surface area contributed by atoms with Crippen molar-refractivity contribution in [2.24, 2.45) is 0 Å². The molecule has 2 rings (SSSR count). The Morgan fingerprint density at radius 3 is 2.53 bits per heavy atom. The van der Waals surface area contributed by atoms with Crippen LogP contribution in [0.1, 0.15) is 46.1 Å². The van der Waals surface area contributed by atoms with Crippen molar-refractivity contribution in [1.29, 1.82) is 0 Å². The van der Waals surface area contributed by atoms with Gasteiger partial charge in [0.25, 0.3) is 0 Å². The van der Waals surface area contributed by atoms with E-state index in [4.69, 9.17) is 0 Å². The van der Waals surface area contributed by atoms with Crippen molar-refractivity contribution >= 4 is 17.3 Å². The Morgan fingerprint density at radius 1 is 1.26 bits per heavy atom. The van der Waals surface area contributed by atoms with Gasteiger partial charge in [-0.25, -0.2) is 4.79 Å². The third kappa shape index (κ3) is 2.56. The van der Waals surface area contributed by atoms with E-state index in [0.717, 1.165) is 21.6 Å². The average Bonchev–Trinajstić information content (AvgIpc) is 2.71. The van der Waals surface area contributed by atoms with Gasteiger partial charge in [0.05, 0.1) is 5.56 Å². The molecule has 0 aliphatic heterocycles. The first kappa shape index (κ1) is 13.8. The number of hydrogen-bond acceptors (Lipinski definition) is 2. The molecule has 1 aromatic heterocycles. The first-order valence-corrected chi connectivity index (χ1v) is 7.22. The Morgan fingerprint density at radius 2 is 1.95 bits per heavy atom. The summed E-state index contributed by atoms with van der Waals surface area (Å²) in [5.74, 6) is -0.416. The molecule has 3 heteroatoms. The van der Waals surface area contributed by atoms with E-state index in [1.165, 1.54) is 16.9 Å². The van der Waals surface area contributed by atoms with Gasteiger partial charge in [0, 0.05) is 15.8 Å². The van der Waals surface area contributed by atoms with Crippen molar-refractivity contribution < 1.29 is 9.90 Å². The van der Waals surface area contributed by atoms with Crippen LogP contribution in [0.15, 0.2) is 23.6 Å². The van der Waals surface area contributed by atoms with Crippen LogP contribution < -0.4 is 0 Å². The van der Waals surface area contributed by atoms with Crippen LogP contribution in [-0.4, -0.2) is 11.1 Å². The molecule has 2 aromatic rings. The van der Waals surface area contributed by atoms with Crippen molar-refractivity contribution in [2.75, 3.05) is 0 Å². The molecule has 0 amide bonds. The molecule has 0 bridgehead atoms. The molecule has 1 aromatic carbocycles. The van der Waals surface area contributed by atoms with Gasteiger partial charge < -0.3 is 5.11 Å². The monoisotopic (exact) mass is 274 g/mol. The number of carbonyl (C=O) groups is 1. The summed E-state index contributed by atoms with van der Waals surface area (Å²) in [6.45, 7) is 8.30. The number of carboxylic acid groups (broad SMARTS) is 1. The summed E-state index contributed by atoms with van der Waals surface area (Å²) in [5.41, 5.74) is 4.68. The van der Waals surface area contributed by atoms with E-state index in [1.807, 2.05) is 13.8 Å². The maximum absolute atomic E-state index is 11.3. The Kier molecular flexibility index (Phi) is 3.76. The van der Waals surface area contributed by atoms with Gasteiger partial charge in [-0.3, -0.25) is 0 Å². The quantitative estimate of drug-likeness (QED) is 0.868.